The van der Waals surface area contributed by atoms with E-state index in [1.165, 1.54) is 18.3 Å². The highest BCUT2D eigenvalue weighted by atomic mass is 35.5. The van der Waals surface area contributed by atoms with Crippen LogP contribution in [0.15, 0.2) is 18.3 Å². The van der Waals surface area contributed by atoms with Crippen LogP contribution in [0.4, 0.5) is 8.78 Å². The lowest BCUT2D eigenvalue weighted by molar-refractivity contribution is 0.149. The van der Waals surface area contributed by atoms with Gasteiger partial charge in [0.1, 0.15) is 0 Å². The van der Waals surface area contributed by atoms with Crippen molar-refractivity contribution in [3.05, 3.63) is 29.6 Å². The highest BCUT2D eigenvalue weighted by molar-refractivity contribution is 5.85. The largest absolute Gasteiger partial charge is 0.325 e. The fourth-order valence-electron chi connectivity index (χ4n) is 0.820. The van der Waals surface area contributed by atoms with Crippen molar-refractivity contribution >= 4 is 12.4 Å². The molecule has 0 spiro atoms. The van der Waals surface area contributed by atoms with Crippen LogP contribution in [-0.4, -0.2) is 4.98 Å². The van der Waals surface area contributed by atoms with Crippen LogP contribution in [-0.2, 0) is 6.54 Å². The summed E-state index contributed by atoms with van der Waals surface area (Å²) in [5.74, 6) is 0. The monoisotopic (exact) mass is 194 g/mol. The lowest BCUT2D eigenvalue weighted by Gasteiger charge is -2.03. The molecule has 1 heterocycles. The minimum atomic E-state index is -2.48. The summed E-state index contributed by atoms with van der Waals surface area (Å²) in [4.78, 5) is 3.71. The van der Waals surface area contributed by atoms with Gasteiger partial charge in [0.2, 0.25) is 0 Å². The minimum Gasteiger partial charge on any atom is -0.325 e. The molecule has 2 N–H and O–H groups in total. The second kappa shape index (κ2) is 5.00. The van der Waals surface area contributed by atoms with E-state index >= 15 is 0 Å². The molecule has 0 fully saturated rings. The summed E-state index contributed by atoms with van der Waals surface area (Å²) in [6.07, 6.45) is -1.03. The highest BCUT2D eigenvalue weighted by Crippen LogP contribution is 2.20. The van der Waals surface area contributed by atoms with E-state index in [-0.39, 0.29) is 30.2 Å². The van der Waals surface area contributed by atoms with Gasteiger partial charge < -0.3 is 5.73 Å². The number of hydrogen-bond acceptors (Lipinski definition) is 2. The predicted octanol–water partition coefficient (Wildman–Crippen LogP) is 1.90. The molecule has 2 nitrogen and oxygen atoms in total. The van der Waals surface area contributed by atoms with Crippen LogP contribution in [0, 0.1) is 0 Å². The van der Waals surface area contributed by atoms with E-state index in [0.717, 1.165) is 0 Å². The molecule has 1 aromatic heterocycles. The van der Waals surface area contributed by atoms with Crippen molar-refractivity contribution in [2.75, 3.05) is 0 Å². The molecule has 0 aliphatic carbocycles. The van der Waals surface area contributed by atoms with Crippen molar-refractivity contribution in [2.24, 2.45) is 5.73 Å². The second-order valence-corrected chi connectivity index (χ2v) is 2.04. The highest BCUT2D eigenvalue weighted by Gasteiger charge is 2.11. The van der Waals surface area contributed by atoms with Gasteiger partial charge in [-0.15, -0.1) is 12.4 Å². The maximum atomic E-state index is 12.1. The standard InChI is InChI=1S/C7H8F2N2.ClH/c8-7(9)5-2-1-3-11-6(5)4-10;/h1-3,7H,4,10H2;1H. The Balaban J connectivity index is 0.00000121. The van der Waals surface area contributed by atoms with Crippen LogP contribution in [0.1, 0.15) is 17.7 Å². The van der Waals surface area contributed by atoms with E-state index in [0.29, 0.717) is 0 Å². The van der Waals surface area contributed by atoms with Gasteiger partial charge in [-0.2, -0.15) is 0 Å². The Morgan fingerprint density at radius 3 is 2.58 bits per heavy atom. The smallest absolute Gasteiger partial charge is 0.265 e. The summed E-state index contributed by atoms with van der Waals surface area (Å²) in [5, 5.41) is 0. The molecule has 12 heavy (non-hydrogen) atoms. The van der Waals surface area contributed by atoms with Crippen molar-refractivity contribution in [1.82, 2.24) is 4.98 Å². The number of rotatable bonds is 2. The van der Waals surface area contributed by atoms with Crippen LogP contribution < -0.4 is 5.73 Å². The molecule has 0 unspecified atom stereocenters. The third-order valence-electron chi connectivity index (χ3n) is 1.35. The maximum Gasteiger partial charge on any atom is 0.265 e. The molecule has 0 aliphatic rings. The summed E-state index contributed by atoms with van der Waals surface area (Å²) in [6, 6.07) is 2.81. The van der Waals surface area contributed by atoms with Gasteiger partial charge in [0.15, 0.2) is 0 Å². The fourth-order valence-corrected chi connectivity index (χ4v) is 0.820. The van der Waals surface area contributed by atoms with E-state index in [1.54, 1.807) is 0 Å². The van der Waals surface area contributed by atoms with E-state index < -0.39 is 6.43 Å². The molecule has 68 valence electrons. The zero-order valence-corrected chi connectivity index (χ0v) is 7.02. The topological polar surface area (TPSA) is 38.9 Å². The predicted molar refractivity (Wildman–Crippen MR) is 44.3 cm³/mol. The van der Waals surface area contributed by atoms with Crippen LogP contribution in [0.5, 0.6) is 0 Å². The number of aromatic nitrogens is 1. The lowest BCUT2D eigenvalue weighted by Crippen LogP contribution is -2.04. The van der Waals surface area contributed by atoms with Crippen LogP contribution in [0.3, 0.4) is 0 Å². The Labute approximate surface area is 75.2 Å². The van der Waals surface area contributed by atoms with Crippen molar-refractivity contribution in [3.63, 3.8) is 0 Å². The van der Waals surface area contributed by atoms with E-state index in [9.17, 15) is 8.78 Å². The molecule has 0 atom stereocenters. The van der Waals surface area contributed by atoms with Crippen molar-refractivity contribution < 1.29 is 8.78 Å². The molecule has 0 aliphatic heterocycles. The third-order valence-corrected chi connectivity index (χ3v) is 1.35. The van der Waals surface area contributed by atoms with Gasteiger partial charge in [-0.3, -0.25) is 4.98 Å². The molecule has 0 amide bonds. The zero-order valence-electron chi connectivity index (χ0n) is 6.21. The number of halogens is 3. The van der Waals surface area contributed by atoms with Gasteiger partial charge in [0, 0.05) is 18.3 Å². The average molecular weight is 195 g/mol. The lowest BCUT2D eigenvalue weighted by atomic mass is 10.2. The molecule has 0 aromatic carbocycles. The first-order valence-electron chi connectivity index (χ1n) is 3.17. The molecule has 0 saturated carbocycles. The number of alkyl halides is 2. The Morgan fingerprint density at radius 2 is 2.17 bits per heavy atom. The van der Waals surface area contributed by atoms with Gasteiger partial charge >= 0.3 is 0 Å². The summed E-state index contributed by atoms with van der Waals surface area (Å²) in [6.45, 7) is 0.0561. The quantitative estimate of drug-likeness (QED) is 0.781. The molecular weight excluding hydrogens is 186 g/mol. The first-order valence-corrected chi connectivity index (χ1v) is 3.17. The number of pyridine rings is 1. The molecule has 0 saturated heterocycles. The van der Waals surface area contributed by atoms with E-state index in [2.05, 4.69) is 4.98 Å². The average Bonchev–Trinajstić information content (AvgIpc) is 2.04. The Bertz CT molecular complexity index is 243. The van der Waals surface area contributed by atoms with Gasteiger partial charge in [0.05, 0.1) is 5.69 Å². The molecule has 0 bridgehead atoms. The number of nitrogens with zero attached hydrogens (tertiary/aromatic N) is 1. The normalized spacial score (nSPS) is 9.67. The van der Waals surface area contributed by atoms with Gasteiger partial charge in [0.25, 0.3) is 6.43 Å². The molecule has 0 radical (unpaired) electrons. The van der Waals surface area contributed by atoms with Crippen LogP contribution in [0.2, 0.25) is 0 Å². The fraction of sp³-hybridized carbons (Fsp3) is 0.286. The summed E-state index contributed by atoms with van der Waals surface area (Å²) in [7, 11) is 0. The van der Waals surface area contributed by atoms with Crippen molar-refractivity contribution in [2.45, 2.75) is 13.0 Å². The van der Waals surface area contributed by atoms with Crippen molar-refractivity contribution in [1.29, 1.82) is 0 Å². The molecule has 1 aromatic rings. The molecular formula is C7H9ClF2N2. The molecule has 5 heteroatoms. The van der Waals surface area contributed by atoms with Crippen molar-refractivity contribution in [3.8, 4) is 0 Å². The zero-order chi connectivity index (χ0) is 8.27. The second-order valence-electron chi connectivity index (χ2n) is 2.04. The van der Waals surface area contributed by atoms with Crippen LogP contribution in [0.25, 0.3) is 0 Å². The number of hydrogen-bond donors (Lipinski definition) is 1. The maximum absolute atomic E-state index is 12.1. The first kappa shape index (κ1) is 11.3. The first-order chi connectivity index (χ1) is 5.25. The van der Waals surface area contributed by atoms with E-state index in [4.69, 9.17) is 5.73 Å². The summed E-state index contributed by atoms with van der Waals surface area (Å²) in [5.41, 5.74) is 5.38. The Hall–Kier alpha value is -0.740. The van der Waals surface area contributed by atoms with Crippen LogP contribution >= 0.6 is 12.4 Å². The van der Waals surface area contributed by atoms with Gasteiger partial charge in [-0.05, 0) is 12.1 Å². The number of nitrogens with two attached hydrogens (primary N) is 1. The van der Waals surface area contributed by atoms with E-state index in [1.807, 2.05) is 0 Å². The van der Waals surface area contributed by atoms with Gasteiger partial charge in [-0.25, -0.2) is 8.78 Å². The third kappa shape index (κ3) is 2.39. The Morgan fingerprint density at radius 1 is 1.50 bits per heavy atom. The molecule has 1 rings (SSSR count). The minimum absolute atomic E-state index is 0. The van der Waals surface area contributed by atoms with Gasteiger partial charge in [-0.1, -0.05) is 0 Å². The Kier molecular flexibility index (Phi) is 4.70. The summed E-state index contributed by atoms with van der Waals surface area (Å²) >= 11 is 0. The summed E-state index contributed by atoms with van der Waals surface area (Å²) < 4.78 is 24.2. The SMILES string of the molecule is Cl.NCc1ncccc1C(F)F.